The van der Waals surface area contributed by atoms with E-state index in [4.69, 9.17) is 5.26 Å². The summed E-state index contributed by atoms with van der Waals surface area (Å²) in [7, 11) is 1.58. The van der Waals surface area contributed by atoms with Crippen LogP contribution in [-0.4, -0.2) is 33.5 Å². The number of carbonyl (C=O) groups is 2. The number of nitriles is 1. The first kappa shape index (κ1) is 17.0. The van der Waals surface area contributed by atoms with Crippen molar-refractivity contribution in [2.75, 3.05) is 7.05 Å². The molecule has 0 fully saturated rings. The van der Waals surface area contributed by atoms with Crippen LogP contribution in [0.2, 0.25) is 0 Å². The SMILES string of the molecule is CNC(=O)Cn1cc(-c2ccc3c(c2)C(=O)c2c-3[nH]c3cc(C#N)ccc23)cn1. The van der Waals surface area contributed by atoms with Crippen molar-refractivity contribution in [1.29, 1.82) is 5.26 Å². The smallest absolute Gasteiger partial charge is 0.241 e. The molecule has 5 rings (SSSR count). The largest absolute Gasteiger partial charge is 0.358 e. The first-order chi connectivity index (χ1) is 14.1. The number of rotatable bonds is 3. The van der Waals surface area contributed by atoms with Crippen molar-refractivity contribution in [3.05, 3.63) is 65.5 Å². The molecule has 140 valence electrons. The second-order valence-electron chi connectivity index (χ2n) is 6.94. The lowest BCUT2D eigenvalue weighted by molar-refractivity contribution is -0.121. The van der Waals surface area contributed by atoms with E-state index in [-0.39, 0.29) is 18.2 Å². The van der Waals surface area contributed by atoms with Crippen LogP contribution in [-0.2, 0) is 11.3 Å². The van der Waals surface area contributed by atoms with Gasteiger partial charge in [0.05, 0.1) is 29.1 Å². The van der Waals surface area contributed by atoms with E-state index in [0.29, 0.717) is 16.7 Å². The van der Waals surface area contributed by atoms with Crippen molar-refractivity contribution >= 4 is 22.6 Å². The van der Waals surface area contributed by atoms with Crippen LogP contribution in [0.15, 0.2) is 48.8 Å². The van der Waals surface area contributed by atoms with E-state index >= 15 is 0 Å². The second kappa shape index (κ2) is 6.17. The lowest BCUT2D eigenvalue weighted by Crippen LogP contribution is -2.23. The highest BCUT2D eigenvalue weighted by atomic mass is 16.2. The Balaban J connectivity index is 1.55. The molecule has 29 heavy (non-hydrogen) atoms. The number of fused-ring (bicyclic) bond motifs is 5. The maximum absolute atomic E-state index is 13.1. The minimum absolute atomic E-state index is 0.0365. The highest BCUT2D eigenvalue weighted by Crippen LogP contribution is 2.41. The minimum Gasteiger partial charge on any atom is -0.358 e. The molecule has 2 aromatic heterocycles. The van der Waals surface area contributed by atoms with Gasteiger partial charge in [-0.2, -0.15) is 10.4 Å². The van der Waals surface area contributed by atoms with Crippen molar-refractivity contribution < 1.29 is 9.59 Å². The molecule has 0 unspecified atom stereocenters. The summed E-state index contributed by atoms with van der Waals surface area (Å²) in [6, 6.07) is 13.1. The molecule has 0 aliphatic heterocycles. The molecule has 2 heterocycles. The number of likely N-dealkylation sites (N-methyl/N-ethyl adjacent to an activating group) is 1. The Morgan fingerprint density at radius 1 is 1.21 bits per heavy atom. The van der Waals surface area contributed by atoms with Crippen LogP contribution in [0.25, 0.3) is 33.3 Å². The summed E-state index contributed by atoms with van der Waals surface area (Å²) in [5, 5.41) is 16.7. The molecule has 2 N–H and O–H groups in total. The number of amides is 1. The van der Waals surface area contributed by atoms with Crippen LogP contribution in [0.1, 0.15) is 21.5 Å². The van der Waals surface area contributed by atoms with Crippen molar-refractivity contribution in [3.8, 4) is 28.5 Å². The van der Waals surface area contributed by atoms with E-state index in [0.717, 1.165) is 33.3 Å². The number of hydrogen-bond acceptors (Lipinski definition) is 4. The lowest BCUT2D eigenvalue weighted by atomic mass is 10.0. The van der Waals surface area contributed by atoms with Gasteiger partial charge in [-0.1, -0.05) is 18.2 Å². The summed E-state index contributed by atoms with van der Waals surface area (Å²) in [5.74, 6) is -0.167. The zero-order valence-corrected chi connectivity index (χ0v) is 15.5. The van der Waals surface area contributed by atoms with E-state index in [1.54, 1.807) is 36.3 Å². The second-order valence-corrected chi connectivity index (χ2v) is 6.94. The number of aromatic nitrogens is 3. The molecule has 1 aliphatic rings. The number of benzene rings is 2. The molecule has 7 heteroatoms. The van der Waals surface area contributed by atoms with Crippen LogP contribution in [0, 0.1) is 11.3 Å². The van der Waals surface area contributed by atoms with Crippen molar-refractivity contribution in [1.82, 2.24) is 20.1 Å². The maximum atomic E-state index is 13.1. The summed E-state index contributed by atoms with van der Waals surface area (Å²) in [5.41, 5.74) is 5.95. The van der Waals surface area contributed by atoms with Gasteiger partial charge in [0, 0.05) is 40.8 Å². The first-order valence-corrected chi connectivity index (χ1v) is 9.07. The fourth-order valence-corrected chi connectivity index (χ4v) is 3.79. The third-order valence-electron chi connectivity index (χ3n) is 5.24. The maximum Gasteiger partial charge on any atom is 0.241 e. The molecule has 2 aromatic carbocycles. The van der Waals surface area contributed by atoms with Crippen molar-refractivity contribution in [2.45, 2.75) is 6.54 Å². The van der Waals surface area contributed by atoms with Crippen LogP contribution >= 0.6 is 0 Å². The van der Waals surface area contributed by atoms with Gasteiger partial charge in [0.1, 0.15) is 6.54 Å². The molecule has 0 radical (unpaired) electrons. The molecular weight excluding hydrogens is 366 g/mol. The third-order valence-corrected chi connectivity index (χ3v) is 5.24. The molecule has 7 nitrogen and oxygen atoms in total. The summed E-state index contributed by atoms with van der Waals surface area (Å²) in [6.45, 7) is 0.140. The Morgan fingerprint density at radius 3 is 2.86 bits per heavy atom. The molecule has 1 amide bonds. The Kier molecular flexibility index (Phi) is 3.61. The molecular formula is C22H15N5O2. The van der Waals surface area contributed by atoms with Gasteiger partial charge in [0.25, 0.3) is 0 Å². The summed E-state index contributed by atoms with van der Waals surface area (Å²) < 4.78 is 1.56. The molecule has 0 spiro atoms. The Hall–Kier alpha value is -4.18. The lowest BCUT2D eigenvalue weighted by Gasteiger charge is -2.03. The molecule has 1 aliphatic carbocycles. The van der Waals surface area contributed by atoms with E-state index in [1.165, 1.54) is 0 Å². The summed E-state index contributed by atoms with van der Waals surface area (Å²) in [4.78, 5) is 28.0. The highest BCUT2D eigenvalue weighted by molar-refractivity contribution is 6.27. The van der Waals surface area contributed by atoms with Crippen LogP contribution in [0.4, 0.5) is 0 Å². The number of nitrogens with one attached hydrogen (secondary N) is 2. The standard InChI is InChI=1S/C22H15N5O2/c1-24-19(28)11-27-10-14(9-25-27)13-3-5-15-17(7-13)22(29)20-16-4-2-12(8-23)6-18(16)26-21(15)20/h2-7,9-10,26H,11H2,1H3,(H,24,28). The van der Waals surface area contributed by atoms with Crippen LogP contribution < -0.4 is 5.32 Å². The Morgan fingerprint density at radius 2 is 2.07 bits per heavy atom. The van der Waals surface area contributed by atoms with Crippen LogP contribution in [0.5, 0.6) is 0 Å². The van der Waals surface area contributed by atoms with Gasteiger partial charge in [-0.3, -0.25) is 14.3 Å². The number of aromatic amines is 1. The molecule has 0 bridgehead atoms. The average Bonchev–Trinajstić information content (AvgIpc) is 3.42. The topological polar surface area (TPSA) is 104 Å². The number of H-pyrrole nitrogens is 1. The van der Waals surface area contributed by atoms with E-state index in [9.17, 15) is 9.59 Å². The average molecular weight is 381 g/mol. The van der Waals surface area contributed by atoms with Gasteiger partial charge in [-0.05, 0) is 23.8 Å². The summed E-state index contributed by atoms with van der Waals surface area (Å²) >= 11 is 0. The quantitative estimate of drug-likeness (QED) is 0.501. The Bertz CT molecular complexity index is 1370. The Labute approximate surface area is 165 Å². The van der Waals surface area contributed by atoms with Gasteiger partial charge in [-0.15, -0.1) is 0 Å². The molecule has 0 saturated carbocycles. The molecule has 4 aromatic rings. The summed E-state index contributed by atoms with van der Waals surface area (Å²) in [6.07, 6.45) is 3.47. The number of carbonyl (C=O) groups excluding carboxylic acids is 2. The van der Waals surface area contributed by atoms with E-state index < -0.39 is 0 Å². The predicted octanol–water partition coefficient (Wildman–Crippen LogP) is 2.86. The van der Waals surface area contributed by atoms with Gasteiger partial charge < -0.3 is 10.3 Å². The normalized spacial score (nSPS) is 11.9. The molecule has 0 saturated heterocycles. The minimum atomic E-state index is -0.131. The van der Waals surface area contributed by atoms with Gasteiger partial charge >= 0.3 is 0 Å². The van der Waals surface area contributed by atoms with Gasteiger partial charge in [-0.25, -0.2) is 0 Å². The van der Waals surface area contributed by atoms with Crippen LogP contribution in [0.3, 0.4) is 0 Å². The number of ketones is 1. The predicted molar refractivity (Wildman–Crippen MR) is 107 cm³/mol. The van der Waals surface area contributed by atoms with Gasteiger partial charge in [0.15, 0.2) is 5.78 Å². The highest BCUT2D eigenvalue weighted by Gasteiger charge is 2.31. The van der Waals surface area contributed by atoms with E-state index in [2.05, 4.69) is 21.5 Å². The fraction of sp³-hybridized carbons (Fsp3) is 0.0909. The van der Waals surface area contributed by atoms with Crippen molar-refractivity contribution in [2.24, 2.45) is 0 Å². The van der Waals surface area contributed by atoms with Crippen molar-refractivity contribution in [3.63, 3.8) is 0 Å². The monoisotopic (exact) mass is 381 g/mol. The van der Waals surface area contributed by atoms with E-state index in [1.807, 2.05) is 24.3 Å². The number of nitrogens with zero attached hydrogens (tertiary/aromatic N) is 3. The third kappa shape index (κ3) is 2.54. The zero-order valence-electron chi connectivity index (χ0n) is 15.5. The molecule has 0 atom stereocenters. The fourth-order valence-electron chi connectivity index (χ4n) is 3.79. The zero-order chi connectivity index (χ0) is 20.1. The first-order valence-electron chi connectivity index (χ1n) is 9.07. The number of hydrogen-bond donors (Lipinski definition) is 2. The van der Waals surface area contributed by atoms with Gasteiger partial charge in [0.2, 0.25) is 5.91 Å².